The van der Waals surface area contributed by atoms with E-state index in [4.69, 9.17) is 0 Å². The smallest absolute Gasteiger partial charge is 0.244 e. The number of carbonyl (C=O) groups excluding carboxylic acids is 1. The zero-order chi connectivity index (χ0) is 17.9. The van der Waals surface area contributed by atoms with E-state index >= 15 is 0 Å². The molecule has 1 saturated carbocycles. The monoisotopic (exact) mass is 356 g/mol. The average Bonchev–Trinajstić information content (AvgIpc) is 3.26. The summed E-state index contributed by atoms with van der Waals surface area (Å²) in [6, 6.07) is 0. The van der Waals surface area contributed by atoms with Gasteiger partial charge < -0.3 is 10.2 Å². The van der Waals surface area contributed by atoms with Crippen molar-refractivity contribution in [3.63, 3.8) is 0 Å². The van der Waals surface area contributed by atoms with Crippen LogP contribution in [0, 0.1) is 5.82 Å². The highest BCUT2D eigenvalue weighted by Gasteiger charge is 2.28. The minimum Gasteiger partial charge on any atom is -0.348 e. The first-order valence-corrected chi connectivity index (χ1v) is 8.91. The fourth-order valence-electron chi connectivity index (χ4n) is 3.41. The Kier molecular flexibility index (Phi) is 4.64. The number of halogens is 1. The fourth-order valence-corrected chi connectivity index (χ4v) is 3.41. The van der Waals surface area contributed by atoms with E-state index in [2.05, 4.69) is 25.5 Å². The first-order valence-electron chi connectivity index (χ1n) is 8.91. The van der Waals surface area contributed by atoms with Crippen LogP contribution in [0.3, 0.4) is 0 Å². The quantitative estimate of drug-likeness (QED) is 0.801. The van der Waals surface area contributed by atoms with Crippen molar-refractivity contribution in [3.8, 4) is 0 Å². The second-order valence-electron chi connectivity index (χ2n) is 6.82. The van der Waals surface area contributed by atoms with E-state index in [0.29, 0.717) is 12.5 Å². The van der Waals surface area contributed by atoms with E-state index in [9.17, 15) is 9.18 Å². The minimum absolute atomic E-state index is 0.0420. The zero-order valence-electron chi connectivity index (χ0n) is 14.4. The lowest BCUT2D eigenvalue weighted by atomic mass is 9.92. The first kappa shape index (κ1) is 16.7. The molecule has 2 aromatic rings. The molecule has 26 heavy (non-hydrogen) atoms. The Morgan fingerprint density at radius 3 is 2.88 bits per heavy atom. The van der Waals surface area contributed by atoms with Crippen LogP contribution in [-0.4, -0.2) is 39.2 Å². The molecular formula is C18H21FN6O. The predicted octanol–water partition coefficient (Wildman–Crippen LogP) is 2.06. The molecule has 2 aliphatic rings. The number of hydrogen-bond donors (Lipinski definition) is 2. The van der Waals surface area contributed by atoms with Crippen LogP contribution < -0.4 is 10.2 Å². The van der Waals surface area contributed by atoms with Gasteiger partial charge in [-0.1, -0.05) is 5.57 Å². The van der Waals surface area contributed by atoms with Gasteiger partial charge in [-0.25, -0.2) is 14.4 Å². The maximum Gasteiger partial charge on any atom is 0.244 e. The van der Waals surface area contributed by atoms with Gasteiger partial charge in [-0.3, -0.25) is 9.89 Å². The van der Waals surface area contributed by atoms with Gasteiger partial charge in [-0.05, 0) is 25.7 Å². The van der Waals surface area contributed by atoms with Gasteiger partial charge >= 0.3 is 0 Å². The van der Waals surface area contributed by atoms with Gasteiger partial charge in [0.15, 0.2) is 5.82 Å². The van der Waals surface area contributed by atoms with Crippen molar-refractivity contribution < 1.29 is 9.18 Å². The molecule has 0 aromatic carbocycles. The highest BCUT2D eigenvalue weighted by atomic mass is 19.1. The molecule has 2 aromatic heterocycles. The second-order valence-corrected chi connectivity index (χ2v) is 6.82. The Morgan fingerprint density at radius 2 is 2.15 bits per heavy atom. The van der Waals surface area contributed by atoms with Crippen LogP contribution in [-0.2, 0) is 11.3 Å². The number of allylic oxidation sites excluding steroid dienone is 1. The van der Waals surface area contributed by atoms with Crippen molar-refractivity contribution in [2.45, 2.75) is 38.1 Å². The number of nitrogens with zero attached hydrogens (tertiary/aromatic N) is 4. The second kappa shape index (κ2) is 7.23. The molecule has 1 unspecified atom stereocenters. The molecule has 3 heterocycles. The van der Waals surface area contributed by atoms with E-state index in [-0.39, 0.29) is 11.8 Å². The molecule has 2 fully saturated rings. The Bertz CT molecular complexity index is 809. The maximum atomic E-state index is 13.0. The van der Waals surface area contributed by atoms with Crippen LogP contribution in [0.15, 0.2) is 30.2 Å². The molecule has 4 rings (SSSR count). The molecule has 1 aliphatic heterocycles. The van der Waals surface area contributed by atoms with E-state index in [1.54, 1.807) is 12.3 Å². The van der Waals surface area contributed by atoms with Crippen molar-refractivity contribution in [2.75, 3.05) is 18.0 Å². The van der Waals surface area contributed by atoms with Gasteiger partial charge in [-0.15, -0.1) is 0 Å². The lowest BCUT2D eigenvalue weighted by molar-refractivity contribution is -0.116. The van der Waals surface area contributed by atoms with Crippen molar-refractivity contribution >= 4 is 11.9 Å². The molecule has 136 valence electrons. The number of H-pyrrole nitrogens is 1. The molecule has 0 spiro atoms. The summed E-state index contributed by atoms with van der Waals surface area (Å²) in [5.74, 6) is 0.311. The fraction of sp³-hybridized carbons (Fsp3) is 0.444. The normalized spacial score (nSPS) is 19.3. The molecule has 1 atom stereocenters. The molecule has 8 heteroatoms. The van der Waals surface area contributed by atoms with E-state index in [0.717, 1.165) is 43.6 Å². The number of amides is 1. The largest absolute Gasteiger partial charge is 0.348 e. The Morgan fingerprint density at radius 1 is 1.35 bits per heavy atom. The van der Waals surface area contributed by atoms with Crippen LogP contribution in [0.5, 0.6) is 0 Å². The first-order chi connectivity index (χ1) is 12.7. The number of nitrogens with one attached hydrogen (secondary N) is 2. The molecule has 0 radical (unpaired) electrons. The van der Waals surface area contributed by atoms with Crippen molar-refractivity contribution in [1.29, 1.82) is 0 Å². The number of aromatic amines is 1. The number of anilines is 1. The van der Waals surface area contributed by atoms with Gasteiger partial charge in [0.2, 0.25) is 11.9 Å². The standard InChI is InChI=1S/C18H21FN6O/c19-15-9-21-18(22-10-15)25-5-4-13(11-25)17-14(8-23-24-17)7-20-16(26)6-12-2-1-3-12/h6,8-10,13H,1-5,7,11H2,(H,20,26)(H,23,24). The number of aromatic nitrogens is 4. The molecule has 2 N–H and O–H groups in total. The van der Waals surface area contributed by atoms with Crippen LogP contribution in [0.25, 0.3) is 0 Å². The topological polar surface area (TPSA) is 86.8 Å². The molecular weight excluding hydrogens is 335 g/mol. The van der Waals surface area contributed by atoms with Crippen molar-refractivity contribution in [2.24, 2.45) is 0 Å². The van der Waals surface area contributed by atoms with Crippen LogP contribution in [0.2, 0.25) is 0 Å². The van der Waals surface area contributed by atoms with Crippen LogP contribution >= 0.6 is 0 Å². The summed E-state index contributed by atoms with van der Waals surface area (Å²) in [6.07, 6.45) is 10.0. The van der Waals surface area contributed by atoms with Gasteiger partial charge in [0.05, 0.1) is 18.6 Å². The number of rotatable bonds is 5. The third-order valence-electron chi connectivity index (χ3n) is 5.02. The Labute approximate surface area is 150 Å². The average molecular weight is 356 g/mol. The molecule has 1 aliphatic carbocycles. The lowest BCUT2D eigenvalue weighted by Crippen LogP contribution is -2.23. The van der Waals surface area contributed by atoms with E-state index in [1.165, 1.54) is 24.4 Å². The molecule has 1 saturated heterocycles. The van der Waals surface area contributed by atoms with Gasteiger partial charge in [0.1, 0.15) is 0 Å². The highest BCUT2D eigenvalue weighted by Crippen LogP contribution is 2.30. The van der Waals surface area contributed by atoms with Gasteiger partial charge in [0, 0.05) is 42.9 Å². The molecule has 0 bridgehead atoms. The summed E-state index contributed by atoms with van der Waals surface area (Å²) >= 11 is 0. The van der Waals surface area contributed by atoms with Crippen molar-refractivity contribution in [1.82, 2.24) is 25.5 Å². The van der Waals surface area contributed by atoms with Gasteiger partial charge in [0.25, 0.3) is 0 Å². The maximum absolute atomic E-state index is 13.0. The Balaban J connectivity index is 1.37. The van der Waals surface area contributed by atoms with E-state index < -0.39 is 5.82 Å². The molecule has 7 nitrogen and oxygen atoms in total. The summed E-state index contributed by atoms with van der Waals surface area (Å²) in [7, 11) is 0. The summed E-state index contributed by atoms with van der Waals surface area (Å²) in [5, 5.41) is 10.2. The predicted molar refractivity (Wildman–Crippen MR) is 93.9 cm³/mol. The highest BCUT2D eigenvalue weighted by molar-refractivity contribution is 5.88. The molecule has 1 amide bonds. The number of carbonyl (C=O) groups is 1. The zero-order valence-corrected chi connectivity index (χ0v) is 14.4. The third kappa shape index (κ3) is 3.58. The van der Waals surface area contributed by atoms with E-state index in [1.807, 2.05) is 4.90 Å². The SMILES string of the molecule is O=C(C=C1CCC1)NCc1cn[nH]c1C1CCN(c2ncc(F)cn2)C1. The summed E-state index contributed by atoms with van der Waals surface area (Å²) in [5.41, 5.74) is 3.25. The Hall–Kier alpha value is -2.77. The van der Waals surface area contributed by atoms with Crippen LogP contribution in [0.4, 0.5) is 10.3 Å². The number of hydrogen-bond acceptors (Lipinski definition) is 5. The third-order valence-corrected chi connectivity index (χ3v) is 5.02. The lowest BCUT2D eigenvalue weighted by Gasteiger charge is -2.16. The minimum atomic E-state index is -0.437. The summed E-state index contributed by atoms with van der Waals surface area (Å²) in [6.45, 7) is 1.99. The van der Waals surface area contributed by atoms with Crippen LogP contribution in [0.1, 0.15) is 42.9 Å². The van der Waals surface area contributed by atoms with Gasteiger partial charge in [-0.2, -0.15) is 5.10 Å². The summed E-state index contributed by atoms with van der Waals surface area (Å²) < 4.78 is 13.0. The summed E-state index contributed by atoms with van der Waals surface area (Å²) in [4.78, 5) is 22.1. The van der Waals surface area contributed by atoms with Crippen molar-refractivity contribution in [3.05, 3.63) is 47.3 Å².